The van der Waals surface area contributed by atoms with Crippen molar-refractivity contribution in [3.8, 4) is 23.3 Å². The molecule has 0 bridgehead atoms. The minimum Gasteiger partial charge on any atom is -0.495 e. The average molecular weight is 577 g/mol. The fourth-order valence-corrected chi connectivity index (χ4v) is 6.78. The first-order chi connectivity index (χ1) is 19.8. The third-order valence-electron chi connectivity index (χ3n) is 7.62. The molecule has 0 saturated carbocycles. The van der Waals surface area contributed by atoms with Crippen LogP contribution in [0.1, 0.15) is 27.0 Å². The van der Waals surface area contributed by atoms with E-state index in [0.717, 1.165) is 11.1 Å². The molecular weight excluding hydrogens is 544 g/mol. The van der Waals surface area contributed by atoms with E-state index < -0.39 is 10.0 Å². The van der Waals surface area contributed by atoms with Gasteiger partial charge in [0.05, 0.1) is 43.5 Å². The maximum absolute atomic E-state index is 13.8. The van der Waals surface area contributed by atoms with Crippen molar-refractivity contribution < 1.29 is 27.4 Å². The summed E-state index contributed by atoms with van der Waals surface area (Å²) in [5.74, 6) is 1.61. The lowest BCUT2D eigenvalue weighted by Crippen LogP contribution is -2.49. The molecule has 0 spiro atoms. The lowest BCUT2D eigenvalue weighted by atomic mass is 10.0. The molecule has 3 aromatic carbocycles. The first-order valence-electron chi connectivity index (χ1n) is 13.3. The predicted molar refractivity (Wildman–Crippen MR) is 153 cm³/mol. The molecule has 214 valence electrons. The van der Waals surface area contributed by atoms with Gasteiger partial charge in [-0.1, -0.05) is 6.07 Å². The molecule has 2 heterocycles. The highest BCUT2D eigenvalue weighted by molar-refractivity contribution is 7.89. The van der Waals surface area contributed by atoms with Crippen molar-refractivity contribution in [2.24, 2.45) is 0 Å². The number of benzene rings is 3. The monoisotopic (exact) mass is 576 g/mol. The number of sulfonamides is 1. The van der Waals surface area contributed by atoms with E-state index in [2.05, 4.69) is 6.07 Å². The highest BCUT2D eigenvalue weighted by atomic mass is 32.2. The lowest BCUT2D eigenvalue weighted by Gasteiger charge is -2.37. The number of nitriles is 1. The van der Waals surface area contributed by atoms with Gasteiger partial charge in [-0.2, -0.15) is 9.57 Å². The molecule has 0 atom stereocenters. The van der Waals surface area contributed by atoms with Crippen LogP contribution in [-0.2, 0) is 23.0 Å². The zero-order valence-corrected chi connectivity index (χ0v) is 24.1. The van der Waals surface area contributed by atoms with Crippen LogP contribution in [-0.4, -0.2) is 77.6 Å². The summed E-state index contributed by atoms with van der Waals surface area (Å²) in [6, 6.07) is 17.4. The van der Waals surface area contributed by atoms with Gasteiger partial charge >= 0.3 is 0 Å². The van der Waals surface area contributed by atoms with Crippen LogP contribution in [0.15, 0.2) is 59.5 Å². The van der Waals surface area contributed by atoms with Gasteiger partial charge in [0.25, 0.3) is 5.91 Å². The predicted octanol–water partition coefficient (Wildman–Crippen LogP) is 3.29. The van der Waals surface area contributed by atoms with Crippen molar-refractivity contribution in [2.45, 2.75) is 17.9 Å². The normalized spacial score (nSPS) is 15.6. The summed E-state index contributed by atoms with van der Waals surface area (Å²) < 4.78 is 45.5. The van der Waals surface area contributed by atoms with E-state index in [0.29, 0.717) is 73.2 Å². The van der Waals surface area contributed by atoms with Gasteiger partial charge in [-0.05, 0) is 66.1 Å². The second-order valence-corrected chi connectivity index (χ2v) is 11.8. The standard InChI is InChI=1S/C30H32N4O6S/c1-38-27-8-7-25(41(36,37)34-10-9-22-16-28(39-2)29(40-3)17-24(22)20-34)18-26(27)32-11-13-33(14-12-32)30(35)23-6-4-5-21(15-23)19-31/h4-8,15-18H,9-14,20H2,1-3H3. The molecule has 1 amide bonds. The summed E-state index contributed by atoms with van der Waals surface area (Å²) in [6.45, 7) is 2.48. The summed E-state index contributed by atoms with van der Waals surface area (Å²) in [5, 5.41) is 9.16. The third kappa shape index (κ3) is 5.53. The van der Waals surface area contributed by atoms with Crippen molar-refractivity contribution in [3.05, 3.63) is 76.9 Å². The maximum atomic E-state index is 13.8. The van der Waals surface area contributed by atoms with Gasteiger partial charge in [-0.3, -0.25) is 4.79 Å². The maximum Gasteiger partial charge on any atom is 0.254 e. The van der Waals surface area contributed by atoms with E-state index in [-0.39, 0.29) is 17.3 Å². The zero-order valence-electron chi connectivity index (χ0n) is 23.3. The highest BCUT2D eigenvalue weighted by Gasteiger charge is 2.31. The largest absolute Gasteiger partial charge is 0.495 e. The number of amides is 1. The van der Waals surface area contributed by atoms with Gasteiger partial charge < -0.3 is 24.0 Å². The summed E-state index contributed by atoms with van der Waals surface area (Å²) in [4.78, 5) is 17.0. The van der Waals surface area contributed by atoms with Crippen molar-refractivity contribution in [2.75, 3.05) is 59.0 Å². The Hall–Kier alpha value is -4.27. The van der Waals surface area contributed by atoms with Crippen LogP contribution in [0.2, 0.25) is 0 Å². The van der Waals surface area contributed by atoms with E-state index in [9.17, 15) is 13.2 Å². The van der Waals surface area contributed by atoms with Crippen LogP contribution in [0.3, 0.4) is 0 Å². The molecule has 0 aliphatic carbocycles. The number of anilines is 1. The number of piperazine rings is 1. The smallest absolute Gasteiger partial charge is 0.254 e. The lowest BCUT2D eigenvalue weighted by molar-refractivity contribution is 0.0746. The Labute approximate surface area is 240 Å². The van der Waals surface area contributed by atoms with Gasteiger partial charge in [-0.15, -0.1) is 0 Å². The van der Waals surface area contributed by atoms with Crippen molar-refractivity contribution in [1.29, 1.82) is 5.26 Å². The van der Waals surface area contributed by atoms with Crippen LogP contribution in [0, 0.1) is 11.3 Å². The fraction of sp³-hybridized carbons (Fsp3) is 0.333. The molecular formula is C30H32N4O6S. The van der Waals surface area contributed by atoms with Crippen LogP contribution < -0.4 is 19.1 Å². The average Bonchev–Trinajstić information content (AvgIpc) is 3.03. The molecule has 3 aromatic rings. The summed E-state index contributed by atoms with van der Waals surface area (Å²) in [5.41, 5.74) is 3.50. The van der Waals surface area contributed by atoms with Gasteiger partial charge in [0, 0.05) is 44.8 Å². The number of hydrogen-bond acceptors (Lipinski definition) is 8. The van der Waals surface area contributed by atoms with E-state index in [4.69, 9.17) is 19.5 Å². The SMILES string of the molecule is COc1cc2c(cc1OC)CN(S(=O)(=O)c1ccc(OC)c(N3CCN(C(=O)c4cccc(C#N)c4)CC3)c1)CC2. The number of fused-ring (bicyclic) bond motifs is 1. The number of hydrogen-bond donors (Lipinski definition) is 0. The number of methoxy groups -OCH3 is 3. The fourth-order valence-electron chi connectivity index (χ4n) is 5.34. The Kier molecular flexibility index (Phi) is 8.06. The highest BCUT2D eigenvalue weighted by Crippen LogP contribution is 2.36. The minimum atomic E-state index is -3.80. The molecule has 41 heavy (non-hydrogen) atoms. The molecule has 11 heteroatoms. The van der Waals surface area contributed by atoms with Crippen molar-refractivity contribution in [3.63, 3.8) is 0 Å². The second kappa shape index (κ2) is 11.7. The first kappa shape index (κ1) is 28.3. The third-order valence-corrected chi connectivity index (χ3v) is 9.46. The minimum absolute atomic E-state index is 0.135. The number of rotatable bonds is 7. The molecule has 2 aliphatic rings. The number of carbonyl (C=O) groups is 1. The van der Waals surface area contributed by atoms with Gasteiger partial charge in [0.2, 0.25) is 10.0 Å². The van der Waals surface area contributed by atoms with E-state index in [1.807, 2.05) is 17.0 Å². The summed E-state index contributed by atoms with van der Waals surface area (Å²) in [6.07, 6.45) is 0.561. The van der Waals surface area contributed by atoms with Gasteiger partial charge in [-0.25, -0.2) is 8.42 Å². The summed E-state index contributed by atoms with van der Waals surface area (Å²) in [7, 11) is 0.888. The number of nitrogens with zero attached hydrogens (tertiary/aromatic N) is 4. The molecule has 1 fully saturated rings. The van der Waals surface area contributed by atoms with E-state index >= 15 is 0 Å². The molecule has 10 nitrogen and oxygen atoms in total. The van der Waals surface area contributed by atoms with E-state index in [1.54, 1.807) is 68.7 Å². The zero-order chi connectivity index (χ0) is 29.1. The Morgan fingerprint density at radius 1 is 0.829 bits per heavy atom. The van der Waals surface area contributed by atoms with Crippen molar-refractivity contribution >= 4 is 21.6 Å². The summed E-state index contributed by atoms with van der Waals surface area (Å²) >= 11 is 0. The molecule has 2 aliphatic heterocycles. The molecule has 0 aromatic heterocycles. The van der Waals surface area contributed by atoms with Crippen LogP contribution in [0.25, 0.3) is 0 Å². The number of ether oxygens (including phenoxy) is 3. The Bertz CT molecular complexity index is 1610. The van der Waals surface area contributed by atoms with Gasteiger partial charge in [0.15, 0.2) is 11.5 Å². The Morgan fingerprint density at radius 2 is 1.51 bits per heavy atom. The number of carbonyl (C=O) groups excluding carboxylic acids is 1. The topological polar surface area (TPSA) is 112 Å². The molecule has 1 saturated heterocycles. The van der Waals surface area contributed by atoms with Crippen molar-refractivity contribution in [1.82, 2.24) is 9.21 Å². The quantitative estimate of drug-likeness (QED) is 0.421. The molecule has 5 rings (SSSR count). The Morgan fingerprint density at radius 3 is 2.17 bits per heavy atom. The molecule has 0 N–H and O–H groups in total. The molecule has 0 radical (unpaired) electrons. The van der Waals surface area contributed by atoms with Gasteiger partial charge in [0.1, 0.15) is 5.75 Å². The second-order valence-electron chi connectivity index (χ2n) is 9.87. The first-order valence-corrected chi connectivity index (χ1v) is 14.7. The Balaban J connectivity index is 1.34. The van der Waals surface area contributed by atoms with Crippen LogP contribution in [0.4, 0.5) is 5.69 Å². The van der Waals surface area contributed by atoms with Crippen LogP contribution in [0.5, 0.6) is 17.2 Å². The van der Waals surface area contributed by atoms with E-state index in [1.165, 1.54) is 4.31 Å². The molecule has 0 unspecified atom stereocenters. The van der Waals surface area contributed by atoms with Crippen LogP contribution >= 0.6 is 0 Å².